The molecule has 2 N–H and O–H groups in total. The van der Waals surface area contributed by atoms with Gasteiger partial charge in [0.2, 0.25) is 0 Å². The minimum absolute atomic E-state index is 0. The van der Waals surface area contributed by atoms with Gasteiger partial charge < -0.3 is 10.3 Å². The summed E-state index contributed by atoms with van der Waals surface area (Å²) in [6.07, 6.45) is 3.85. The number of aromatic nitrogens is 4. The van der Waals surface area contributed by atoms with E-state index >= 15 is 0 Å². The third-order valence-corrected chi connectivity index (χ3v) is 6.37. The van der Waals surface area contributed by atoms with Crippen LogP contribution in [0.3, 0.4) is 0 Å². The van der Waals surface area contributed by atoms with Crippen molar-refractivity contribution in [3.8, 4) is 21.8 Å². The van der Waals surface area contributed by atoms with Gasteiger partial charge in [0, 0.05) is 22.4 Å². The molecule has 150 valence electrons. The minimum Gasteiger partial charge on any atom is -0.317 e. The zero-order valence-electron chi connectivity index (χ0n) is 16.0. The molecular formula is C21H22ClN5OS. The number of thiazole rings is 1. The van der Waals surface area contributed by atoms with Crippen molar-refractivity contribution in [1.29, 1.82) is 0 Å². The van der Waals surface area contributed by atoms with E-state index in [1.165, 1.54) is 0 Å². The van der Waals surface area contributed by atoms with Crippen molar-refractivity contribution in [2.24, 2.45) is 0 Å². The summed E-state index contributed by atoms with van der Waals surface area (Å²) in [5, 5.41) is 8.87. The van der Waals surface area contributed by atoms with Crippen LogP contribution in [0.2, 0.25) is 0 Å². The summed E-state index contributed by atoms with van der Waals surface area (Å²) < 4.78 is 1.89. The van der Waals surface area contributed by atoms with Gasteiger partial charge in [-0.25, -0.2) is 9.50 Å². The van der Waals surface area contributed by atoms with Crippen LogP contribution in [0.1, 0.15) is 29.3 Å². The summed E-state index contributed by atoms with van der Waals surface area (Å²) in [7, 11) is 0. The molecule has 1 aromatic carbocycles. The van der Waals surface area contributed by atoms with Crippen molar-refractivity contribution < 1.29 is 0 Å². The van der Waals surface area contributed by atoms with Gasteiger partial charge in [0.05, 0.1) is 23.1 Å². The molecule has 4 heterocycles. The molecule has 0 bridgehead atoms. The number of fused-ring (bicyclic) bond motifs is 1. The van der Waals surface area contributed by atoms with Gasteiger partial charge in [-0.1, -0.05) is 30.3 Å². The lowest BCUT2D eigenvalue weighted by Crippen LogP contribution is -2.28. The Morgan fingerprint density at radius 3 is 2.69 bits per heavy atom. The predicted molar refractivity (Wildman–Crippen MR) is 119 cm³/mol. The number of nitrogens with zero attached hydrogens (tertiary/aromatic N) is 3. The van der Waals surface area contributed by atoms with Gasteiger partial charge in [-0.15, -0.1) is 23.7 Å². The summed E-state index contributed by atoms with van der Waals surface area (Å²) >= 11 is 1.63. The highest BCUT2D eigenvalue weighted by molar-refractivity contribution is 7.15. The van der Waals surface area contributed by atoms with Crippen LogP contribution >= 0.6 is 23.7 Å². The van der Waals surface area contributed by atoms with E-state index in [0.717, 1.165) is 64.0 Å². The molecular weight excluding hydrogens is 406 g/mol. The number of hydrogen-bond acceptors (Lipinski definition) is 5. The number of piperidine rings is 1. The monoisotopic (exact) mass is 427 g/mol. The Labute approximate surface area is 178 Å². The number of hydrogen-bond donors (Lipinski definition) is 2. The maximum atomic E-state index is 12.4. The maximum absolute atomic E-state index is 12.4. The lowest BCUT2D eigenvalue weighted by Gasteiger charge is -2.23. The summed E-state index contributed by atoms with van der Waals surface area (Å²) in [5.74, 6) is 0.344. The molecule has 1 fully saturated rings. The maximum Gasteiger partial charge on any atom is 0.251 e. The van der Waals surface area contributed by atoms with Gasteiger partial charge in [-0.2, -0.15) is 5.10 Å². The Bertz CT molecular complexity index is 1190. The standard InChI is InChI=1S/C21H21N5OS.ClH/c1-13-19(15-5-3-2-4-6-15)25-21(28-13)16-12-23-26-17(11-18(27)24-20(16)26)14-7-9-22-10-8-14;/h2-6,11-12,14,22H,7-10H2,1H3,(H,24,27);1H. The summed E-state index contributed by atoms with van der Waals surface area (Å²) in [6, 6.07) is 11.9. The van der Waals surface area contributed by atoms with Crippen molar-refractivity contribution in [2.75, 3.05) is 13.1 Å². The van der Waals surface area contributed by atoms with E-state index in [-0.39, 0.29) is 18.0 Å². The number of aromatic amines is 1. The topological polar surface area (TPSA) is 75.1 Å². The summed E-state index contributed by atoms with van der Waals surface area (Å²) in [6.45, 7) is 4.02. The number of aryl methyl sites for hydroxylation is 1. The number of benzene rings is 1. The van der Waals surface area contributed by atoms with E-state index < -0.39 is 0 Å². The third kappa shape index (κ3) is 3.61. The second kappa shape index (κ2) is 8.10. The lowest BCUT2D eigenvalue weighted by atomic mass is 9.94. The molecule has 0 radical (unpaired) electrons. The first-order chi connectivity index (χ1) is 13.7. The normalized spacial score (nSPS) is 14.8. The zero-order valence-corrected chi connectivity index (χ0v) is 17.6. The molecule has 1 aliphatic rings. The Balaban J connectivity index is 0.00000205. The molecule has 0 unspecified atom stereocenters. The fourth-order valence-electron chi connectivity index (χ4n) is 3.95. The van der Waals surface area contributed by atoms with Crippen LogP contribution in [0, 0.1) is 6.92 Å². The van der Waals surface area contributed by atoms with E-state index in [1.54, 1.807) is 17.4 Å². The second-order valence-electron chi connectivity index (χ2n) is 7.19. The third-order valence-electron chi connectivity index (χ3n) is 5.37. The average molecular weight is 428 g/mol. The Hall–Kier alpha value is -2.48. The highest BCUT2D eigenvalue weighted by Gasteiger charge is 2.22. The average Bonchev–Trinajstić information content (AvgIpc) is 3.32. The molecule has 0 amide bonds. The van der Waals surface area contributed by atoms with Gasteiger partial charge in [-0.05, 0) is 32.9 Å². The SMILES string of the molecule is Cc1sc(-c2cnn3c(C4CCNCC4)cc(=O)[nH]c23)nc1-c1ccccc1.Cl. The smallest absolute Gasteiger partial charge is 0.251 e. The van der Waals surface area contributed by atoms with Crippen molar-refractivity contribution in [3.05, 3.63) is 63.5 Å². The van der Waals surface area contributed by atoms with Gasteiger partial charge in [0.25, 0.3) is 5.56 Å². The minimum atomic E-state index is -0.0839. The second-order valence-corrected chi connectivity index (χ2v) is 8.39. The number of H-pyrrole nitrogens is 1. The fourth-order valence-corrected chi connectivity index (χ4v) is 4.90. The fraction of sp³-hybridized carbons (Fsp3) is 0.286. The molecule has 6 nitrogen and oxygen atoms in total. The molecule has 29 heavy (non-hydrogen) atoms. The molecule has 0 spiro atoms. The van der Waals surface area contributed by atoms with Gasteiger partial charge >= 0.3 is 0 Å². The van der Waals surface area contributed by atoms with Crippen LogP contribution in [0.15, 0.2) is 47.4 Å². The molecule has 3 aromatic heterocycles. The van der Waals surface area contributed by atoms with Crippen molar-refractivity contribution in [3.63, 3.8) is 0 Å². The quantitative estimate of drug-likeness (QED) is 0.518. The first kappa shape index (κ1) is 19.8. The van der Waals surface area contributed by atoms with Gasteiger partial charge in [0.1, 0.15) is 10.7 Å². The van der Waals surface area contributed by atoms with Crippen molar-refractivity contribution in [1.82, 2.24) is 24.9 Å². The summed E-state index contributed by atoms with van der Waals surface area (Å²) in [4.78, 5) is 21.4. The summed E-state index contributed by atoms with van der Waals surface area (Å²) in [5.41, 5.74) is 4.60. The van der Waals surface area contributed by atoms with Crippen molar-refractivity contribution >= 4 is 29.4 Å². The molecule has 1 aliphatic heterocycles. The van der Waals surface area contributed by atoms with E-state index in [2.05, 4.69) is 34.5 Å². The van der Waals surface area contributed by atoms with E-state index in [4.69, 9.17) is 4.98 Å². The predicted octanol–water partition coefficient (Wildman–Crippen LogP) is 4.01. The highest BCUT2D eigenvalue weighted by Crippen LogP contribution is 2.35. The van der Waals surface area contributed by atoms with Crippen LogP contribution in [0.5, 0.6) is 0 Å². The number of halogens is 1. The zero-order chi connectivity index (χ0) is 19.1. The lowest BCUT2D eigenvalue weighted by molar-refractivity contribution is 0.446. The van der Waals surface area contributed by atoms with Gasteiger partial charge in [0.15, 0.2) is 0 Å². The molecule has 4 aromatic rings. The van der Waals surface area contributed by atoms with Crippen LogP contribution < -0.4 is 10.9 Å². The molecule has 1 saturated heterocycles. The van der Waals surface area contributed by atoms with E-state index in [1.807, 2.05) is 28.9 Å². The Morgan fingerprint density at radius 1 is 1.17 bits per heavy atom. The molecule has 0 aliphatic carbocycles. The number of rotatable bonds is 3. The highest BCUT2D eigenvalue weighted by atomic mass is 35.5. The van der Waals surface area contributed by atoms with E-state index in [9.17, 15) is 4.79 Å². The first-order valence-corrected chi connectivity index (χ1v) is 10.4. The van der Waals surface area contributed by atoms with Crippen LogP contribution in [-0.2, 0) is 0 Å². The van der Waals surface area contributed by atoms with E-state index in [0.29, 0.717) is 5.92 Å². The van der Waals surface area contributed by atoms with Crippen molar-refractivity contribution in [2.45, 2.75) is 25.7 Å². The van der Waals surface area contributed by atoms with Crippen LogP contribution in [0.25, 0.3) is 27.5 Å². The Morgan fingerprint density at radius 2 is 1.93 bits per heavy atom. The molecule has 8 heteroatoms. The molecule has 0 saturated carbocycles. The van der Waals surface area contributed by atoms with Crippen LogP contribution in [0.4, 0.5) is 0 Å². The first-order valence-electron chi connectivity index (χ1n) is 9.55. The van der Waals surface area contributed by atoms with Crippen LogP contribution in [-0.4, -0.2) is 32.7 Å². The largest absolute Gasteiger partial charge is 0.317 e. The van der Waals surface area contributed by atoms with Gasteiger partial charge in [-0.3, -0.25) is 4.79 Å². The number of nitrogens with one attached hydrogen (secondary N) is 2. The Kier molecular flexibility index (Phi) is 5.54. The molecule has 0 atom stereocenters. The molecule has 5 rings (SSSR count).